The van der Waals surface area contributed by atoms with Crippen LogP contribution in [-0.2, 0) is 15.8 Å². The van der Waals surface area contributed by atoms with Crippen molar-refractivity contribution in [3.8, 4) is 0 Å². The average molecular weight is 338 g/mol. The molecule has 2 rings (SSSR count). The number of benzene rings is 1. The molecule has 1 aromatic rings. The fourth-order valence-electron chi connectivity index (χ4n) is 2.35. The molecule has 0 radical (unpaired) electrons. The molecule has 0 aromatic heterocycles. The summed E-state index contributed by atoms with van der Waals surface area (Å²) in [5.41, 5.74) is 0.518. The van der Waals surface area contributed by atoms with Gasteiger partial charge in [0.15, 0.2) is 0 Å². The molecule has 1 aliphatic rings. The molecule has 3 nitrogen and oxygen atoms in total. The van der Waals surface area contributed by atoms with E-state index >= 15 is 0 Å². The minimum atomic E-state index is -3.35. The highest BCUT2D eigenvalue weighted by Gasteiger charge is 2.31. The Kier molecular flexibility index (Phi) is 5.34. The molecular weight excluding hydrogens is 321 g/mol. The first-order valence-corrected chi connectivity index (χ1v) is 9.71. The van der Waals surface area contributed by atoms with E-state index in [4.69, 9.17) is 11.6 Å². The zero-order chi connectivity index (χ0) is 14.8. The van der Waals surface area contributed by atoms with Crippen LogP contribution in [0.25, 0.3) is 0 Å². The molecule has 0 unspecified atom stereocenters. The van der Waals surface area contributed by atoms with Crippen LogP contribution < -0.4 is 0 Å². The number of rotatable bonds is 5. The molecular formula is C13H17ClFNO2S2. The van der Waals surface area contributed by atoms with Crippen LogP contribution >= 0.6 is 23.4 Å². The lowest BCUT2D eigenvalue weighted by Crippen LogP contribution is -2.30. The third-order valence-electron chi connectivity index (χ3n) is 3.38. The largest absolute Gasteiger partial charge is 0.218 e. The van der Waals surface area contributed by atoms with Gasteiger partial charge < -0.3 is 0 Å². The Labute approximate surface area is 128 Å². The van der Waals surface area contributed by atoms with Gasteiger partial charge in [-0.15, -0.1) is 0 Å². The molecule has 1 heterocycles. The molecule has 112 valence electrons. The molecule has 0 bridgehead atoms. The van der Waals surface area contributed by atoms with Crippen molar-refractivity contribution in [2.45, 2.75) is 12.2 Å². The van der Waals surface area contributed by atoms with Crippen LogP contribution in [0.5, 0.6) is 0 Å². The Morgan fingerprint density at radius 3 is 2.90 bits per heavy atom. The van der Waals surface area contributed by atoms with Crippen LogP contribution in [0.2, 0.25) is 5.02 Å². The van der Waals surface area contributed by atoms with Gasteiger partial charge >= 0.3 is 0 Å². The second-order valence-corrected chi connectivity index (χ2v) is 8.26. The Balaban J connectivity index is 2.06. The molecule has 0 aliphatic carbocycles. The van der Waals surface area contributed by atoms with Crippen LogP contribution in [-0.4, -0.2) is 37.8 Å². The molecule has 1 atom stereocenters. The maximum absolute atomic E-state index is 13.1. The molecule has 1 fully saturated rings. The average Bonchev–Trinajstić information content (AvgIpc) is 2.83. The molecule has 0 amide bonds. The highest BCUT2D eigenvalue weighted by Crippen LogP contribution is 2.25. The summed E-state index contributed by atoms with van der Waals surface area (Å²) >= 11 is 7.42. The molecule has 1 aromatic carbocycles. The normalized spacial score (nSPS) is 20.4. The maximum atomic E-state index is 13.1. The van der Waals surface area contributed by atoms with Gasteiger partial charge in [-0.1, -0.05) is 17.7 Å². The summed E-state index contributed by atoms with van der Waals surface area (Å²) in [6.45, 7) is 1.15. The quantitative estimate of drug-likeness (QED) is 0.829. The van der Waals surface area contributed by atoms with E-state index in [0.29, 0.717) is 24.6 Å². The van der Waals surface area contributed by atoms with E-state index < -0.39 is 15.8 Å². The van der Waals surface area contributed by atoms with Gasteiger partial charge in [-0.3, -0.25) is 0 Å². The van der Waals surface area contributed by atoms with Gasteiger partial charge in [0.25, 0.3) is 0 Å². The standard InChI is InChI=1S/C13H17ClFNO2S2/c1-19-8-11-4-5-16(7-11)20(17,18)9-10-2-3-13(15)12(14)6-10/h2-3,6,11H,4-5,7-9H2,1H3/t11-/m0/s1. The van der Waals surface area contributed by atoms with Gasteiger partial charge in [0.05, 0.1) is 10.8 Å². The van der Waals surface area contributed by atoms with Gasteiger partial charge in [-0.2, -0.15) is 11.8 Å². The minimum Gasteiger partial charge on any atom is -0.212 e. The molecule has 0 N–H and O–H groups in total. The molecule has 1 saturated heterocycles. The zero-order valence-corrected chi connectivity index (χ0v) is 13.6. The highest BCUT2D eigenvalue weighted by atomic mass is 35.5. The van der Waals surface area contributed by atoms with Crippen molar-refractivity contribution in [3.63, 3.8) is 0 Å². The zero-order valence-electron chi connectivity index (χ0n) is 11.2. The Morgan fingerprint density at radius 1 is 1.50 bits per heavy atom. The monoisotopic (exact) mass is 337 g/mol. The van der Waals surface area contributed by atoms with E-state index in [1.54, 1.807) is 11.8 Å². The van der Waals surface area contributed by atoms with Crippen molar-refractivity contribution in [1.82, 2.24) is 4.31 Å². The van der Waals surface area contributed by atoms with E-state index in [1.165, 1.54) is 22.5 Å². The Bertz CT molecular complexity index is 580. The number of nitrogens with zero attached hydrogens (tertiary/aromatic N) is 1. The van der Waals surface area contributed by atoms with Crippen molar-refractivity contribution >= 4 is 33.4 Å². The van der Waals surface area contributed by atoms with Gasteiger partial charge in [0.1, 0.15) is 5.82 Å². The van der Waals surface area contributed by atoms with E-state index in [1.807, 2.05) is 6.26 Å². The highest BCUT2D eigenvalue weighted by molar-refractivity contribution is 7.98. The first-order valence-electron chi connectivity index (χ1n) is 6.33. The topological polar surface area (TPSA) is 37.4 Å². The predicted molar refractivity (Wildman–Crippen MR) is 82.1 cm³/mol. The predicted octanol–water partition coefficient (Wildman–Crippen LogP) is 2.99. The van der Waals surface area contributed by atoms with Crippen LogP contribution in [0, 0.1) is 11.7 Å². The van der Waals surface area contributed by atoms with Gasteiger partial charge in [0, 0.05) is 13.1 Å². The first-order chi connectivity index (χ1) is 9.42. The Hall–Kier alpha value is -0.300. The van der Waals surface area contributed by atoms with Crippen molar-refractivity contribution in [3.05, 3.63) is 34.6 Å². The third kappa shape index (κ3) is 3.87. The maximum Gasteiger partial charge on any atom is 0.218 e. The van der Waals surface area contributed by atoms with Crippen molar-refractivity contribution in [1.29, 1.82) is 0 Å². The molecule has 0 saturated carbocycles. The summed E-state index contributed by atoms with van der Waals surface area (Å²) in [4.78, 5) is 0. The molecule has 20 heavy (non-hydrogen) atoms. The fourth-order valence-corrected chi connectivity index (χ4v) is 4.90. The summed E-state index contributed by atoms with van der Waals surface area (Å²) in [7, 11) is -3.35. The van der Waals surface area contributed by atoms with Crippen molar-refractivity contribution in [2.24, 2.45) is 5.92 Å². The summed E-state index contributed by atoms with van der Waals surface area (Å²) in [6, 6.07) is 4.05. The lowest BCUT2D eigenvalue weighted by Gasteiger charge is -2.16. The van der Waals surface area contributed by atoms with Crippen molar-refractivity contribution < 1.29 is 12.8 Å². The molecule has 1 aliphatic heterocycles. The van der Waals surface area contributed by atoms with Crippen LogP contribution in [0.4, 0.5) is 4.39 Å². The summed E-state index contributed by atoms with van der Waals surface area (Å²) in [6.07, 6.45) is 2.93. The van der Waals surface area contributed by atoms with Gasteiger partial charge in [-0.25, -0.2) is 17.1 Å². The first kappa shape index (κ1) is 16.1. The molecule has 0 spiro atoms. The smallest absolute Gasteiger partial charge is 0.212 e. The lowest BCUT2D eigenvalue weighted by molar-refractivity contribution is 0.465. The van der Waals surface area contributed by atoms with Crippen LogP contribution in [0.3, 0.4) is 0 Å². The third-order valence-corrected chi connectivity index (χ3v) is 6.29. The second-order valence-electron chi connectivity index (χ2n) is 4.97. The Morgan fingerprint density at radius 2 is 2.25 bits per heavy atom. The fraction of sp³-hybridized carbons (Fsp3) is 0.538. The SMILES string of the molecule is CSC[C@H]1CCN(S(=O)(=O)Cc2ccc(F)c(Cl)c2)C1. The number of hydrogen-bond donors (Lipinski definition) is 0. The van der Waals surface area contributed by atoms with E-state index in [-0.39, 0.29) is 10.8 Å². The van der Waals surface area contributed by atoms with Crippen molar-refractivity contribution in [2.75, 3.05) is 25.1 Å². The lowest BCUT2D eigenvalue weighted by atomic mass is 10.2. The summed E-state index contributed by atoms with van der Waals surface area (Å²) in [5, 5.41) is -0.0422. The van der Waals surface area contributed by atoms with E-state index in [9.17, 15) is 12.8 Å². The van der Waals surface area contributed by atoms with Crippen LogP contribution in [0.1, 0.15) is 12.0 Å². The number of hydrogen-bond acceptors (Lipinski definition) is 3. The summed E-state index contributed by atoms with van der Waals surface area (Å²) < 4.78 is 39.3. The van der Waals surface area contributed by atoms with Crippen LogP contribution in [0.15, 0.2) is 18.2 Å². The number of halogens is 2. The molecule has 7 heteroatoms. The number of sulfonamides is 1. The van der Waals surface area contributed by atoms with E-state index in [0.717, 1.165) is 12.2 Å². The minimum absolute atomic E-state index is 0.0422. The van der Waals surface area contributed by atoms with Gasteiger partial charge in [-0.05, 0) is 42.0 Å². The second kappa shape index (κ2) is 6.64. The number of thioether (sulfide) groups is 1. The van der Waals surface area contributed by atoms with E-state index in [2.05, 4.69) is 0 Å². The summed E-state index contributed by atoms with van der Waals surface area (Å²) in [5.74, 6) is 0.749. The van der Waals surface area contributed by atoms with Gasteiger partial charge in [0.2, 0.25) is 10.0 Å².